The Morgan fingerprint density at radius 3 is 2.61 bits per heavy atom. The van der Waals surface area contributed by atoms with Gasteiger partial charge in [0, 0.05) is 12.3 Å². The van der Waals surface area contributed by atoms with Crippen molar-refractivity contribution in [2.45, 2.75) is 71.1 Å². The topological polar surface area (TPSA) is 44.8 Å². The van der Waals surface area contributed by atoms with Crippen LogP contribution >= 0.6 is 11.6 Å². The smallest absolute Gasteiger partial charge is 0.308 e. The Kier molecular flexibility index (Phi) is 5.89. The molecule has 0 aliphatic carbocycles. The molecule has 18 heavy (non-hydrogen) atoms. The summed E-state index contributed by atoms with van der Waals surface area (Å²) in [4.78, 5) is 11.7. The van der Waals surface area contributed by atoms with Crippen LogP contribution in [-0.2, 0) is 19.0 Å². The number of hydrogen-bond donors (Lipinski definition) is 0. The highest BCUT2D eigenvalue weighted by molar-refractivity contribution is 6.18. The fourth-order valence-electron chi connectivity index (χ4n) is 1.98. The van der Waals surface area contributed by atoms with Gasteiger partial charge in [0.05, 0.1) is 24.7 Å². The maximum Gasteiger partial charge on any atom is 0.308 e. The molecule has 106 valence electrons. The Hall–Kier alpha value is -0.320. The van der Waals surface area contributed by atoms with Crippen LogP contribution in [0.5, 0.6) is 0 Å². The molecule has 5 heteroatoms. The van der Waals surface area contributed by atoms with E-state index >= 15 is 0 Å². The lowest BCUT2D eigenvalue weighted by Crippen LogP contribution is -2.46. The Labute approximate surface area is 114 Å². The minimum Gasteiger partial charge on any atom is -0.463 e. The highest BCUT2D eigenvalue weighted by atomic mass is 35.5. The summed E-state index contributed by atoms with van der Waals surface area (Å²) in [6, 6.07) is 0. The number of alkyl halides is 1. The Bertz CT molecular complexity index is 280. The molecule has 1 fully saturated rings. The summed E-state index contributed by atoms with van der Waals surface area (Å²) < 4.78 is 16.6. The molecule has 1 aliphatic heterocycles. The number of rotatable bonds is 5. The first kappa shape index (κ1) is 15.7. The molecule has 3 atom stereocenters. The molecule has 0 aromatic heterocycles. The van der Waals surface area contributed by atoms with E-state index in [-0.39, 0.29) is 30.7 Å². The largest absolute Gasteiger partial charge is 0.463 e. The monoisotopic (exact) mass is 278 g/mol. The minimum atomic E-state index is -0.695. The third kappa shape index (κ3) is 5.12. The molecule has 0 bridgehead atoms. The predicted molar refractivity (Wildman–Crippen MR) is 69.6 cm³/mol. The number of hydrogen-bond acceptors (Lipinski definition) is 4. The zero-order valence-corrected chi connectivity index (χ0v) is 12.3. The van der Waals surface area contributed by atoms with Crippen LogP contribution in [0.15, 0.2) is 0 Å². The molecule has 0 aromatic rings. The van der Waals surface area contributed by atoms with Crippen molar-refractivity contribution in [1.82, 2.24) is 0 Å². The lowest BCUT2D eigenvalue weighted by molar-refractivity contribution is -0.295. The van der Waals surface area contributed by atoms with Crippen LogP contribution in [0.1, 0.15) is 47.0 Å². The van der Waals surface area contributed by atoms with Crippen molar-refractivity contribution in [2.24, 2.45) is 0 Å². The van der Waals surface area contributed by atoms with Crippen LogP contribution in [0.2, 0.25) is 0 Å². The summed E-state index contributed by atoms with van der Waals surface area (Å²) >= 11 is 5.82. The van der Waals surface area contributed by atoms with Crippen molar-refractivity contribution in [2.75, 3.05) is 5.88 Å². The van der Waals surface area contributed by atoms with Crippen molar-refractivity contribution in [1.29, 1.82) is 0 Å². The molecule has 0 saturated carbocycles. The Morgan fingerprint density at radius 2 is 2.06 bits per heavy atom. The summed E-state index contributed by atoms with van der Waals surface area (Å²) in [7, 11) is 0. The van der Waals surface area contributed by atoms with Gasteiger partial charge in [-0.3, -0.25) is 4.79 Å². The molecule has 1 unspecified atom stereocenters. The standard InChI is InChI=1S/C13H23ClO4/c1-5-9(2)16-12(15)7-10-6-11(8-14)18-13(3,4)17-10/h9-11H,5-8H2,1-4H3/t9?,10-,11+/m1/s1. The van der Waals surface area contributed by atoms with E-state index in [9.17, 15) is 4.79 Å². The molecule has 1 rings (SSSR count). The van der Waals surface area contributed by atoms with E-state index in [4.69, 9.17) is 25.8 Å². The van der Waals surface area contributed by atoms with Gasteiger partial charge in [0.1, 0.15) is 0 Å². The highest BCUT2D eigenvalue weighted by Crippen LogP contribution is 2.29. The van der Waals surface area contributed by atoms with Gasteiger partial charge < -0.3 is 14.2 Å². The maximum atomic E-state index is 11.7. The van der Waals surface area contributed by atoms with E-state index in [2.05, 4.69) is 0 Å². The molecule has 1 aliphatic rings. The van der Waals surface area contributed by atoms with Gasteiger partial charge in [0.2, 0.25) is 0 Å². The average Bonchev–Trinajstić information content (AvgIpc) is 2.26. The Morgan fingerprint density at radius 1 is 1.44 bits per heavy atom. The lowest BCUT2D eigenvalue weighted by atomic mass is 10.1. The minimum absolute atomic E-state index is 0.0471. The number of carbonyl (C=O) groups is 1. The molecule has 0 N–H and O–H groups in total. The number of halogens is 1. The van der Waals surface area contributed by atoms with Gasteiger partial charge in [0.15, 0.2) is 5.79 Å². The third-order valence-electron chi connectivity index (χ3n) is 2.90. The van der Waals surface area contributed by atoms with Crippen LogP contribution < -0.4 is 0 Å². The zero-order chi connectivity index (χ0) is 13.8. The molecule has 0 aromatic carbocycles. The summed E-state index contributed by atoms with van der Waals surface area (Å²) in [5.41, 5.74) is 0. The van der Waals surface area contributed by atoms with Gasteiger partial charge in [-0.2, -0.15) is 0 Å². The first-order valence-electron chi connectivity index (χ1n) is 6.47. The molecule has 0 radical (unpaired) electrons. The van der Waals surface area contributed by atoms with Crippen molar-refractivity contribution in [3.05, 3.63) is 0 Å². The second-order valence-corrected chi connectivity index (χ2v) is 5.49. The van der Waals surface area contributed by atoms with Crippen molar-refractivity contribution >= 4 is 17.6 Å². The SMILES string of the molecule is CCC(C)OC(=O)C[C@H]1C[C@@H](CCl)OC(C)(C)O1. The molecular weight excluding hydrogens is 256 g/mol. The van der Waals surface area contributed by atoms with Gasteiger partial charge >= 0.3 is 5.97 Å². The van der Waals surface area contributed by atoms with E-state index in [1.165, 1.54) is 0 Å². The molecule has 0 spiro atoms. The first-order valence-corrected chi connectivity index (χ1v) is 7.00. The van der Waals surface area contributed by atoms with Crippen LogP contribution in [0.4, 0.5) is 0 Å². The summed E-state index contributed by atoms with van der Waals surface area (Å²) in [5, 5.41) is 0. The molecular formula is C13H23ClO4. The Balaban J connectivity index is 2.48. The second-order valence-electron chi connectivity index (χ2n) is 5.18. The van der Waals surface area contributed by atoms with Crippen LogP contribution in [0.3, 0.4) is 0 Å². The highest BCUT2D eigenvalue weighted by Gasteiger charge is 2.36. The first-order chi connectivity index (χ1) is 8.36. The average molecular weight is 279 g/mol. The van der Waals surface area contributed by atoms with Crippen LogP contribution in [-0.4, -0.2) is 35.9 Å². The predicted octanol–water partition coefficient (Wildman–Crippen LogP) is 2.87. The molecule has 1 heterocycles. The van der Waals surface area contributed by atoms with Gasteiger partial charge in [-0.25, -0.2) is 0 Å². The number of esters is 1. The molecule has 0 amide bonds. The van der Waals surface area contributed by atoms with E-state index < -0.39 is 5.79 Å². The van der Waals surface area contributed by atoms with E-state index in [1.807, 2.05) is 27.7 Å². The number of carbonyl (C=O) groups excluding carboxylic acids is 1. The van der Waals surface area contributed by atoms with Crippen LogP contribution in [0.25, 0.3) is 0 Å². The fraction of sp³-hybridized carbons (Fsp3) is 0.923. The molecule has 4 nitrogen and oxygen atoms in total. The van der Waals surface area contributed by atoms with Gasteiger partial charge in [-0.15, -0.1) is 11.6 Å². The maximum absolute atomic E-state index is 11.7. The normalized spacial score (nSPS) is 28.7. The summed E-state index contributed by atoms with van der Waals surface area (Å²) in [6.45, 7) is 7.53. The second kappa shape index (κ2) is 6.73. The van der Waals surface area contributed by atoms with Crippen molar-refractivity contribution < 1.29 is 19.0 Å². The van der Waals surface area contributed by atoms with E-state index in [0.29, 0.717) is 12.3 Å². The van der Waals surface area contributed by atoms with Gasteiger partial charge in [-0.1, -0.05) is 6.92 Å². The summed E-state index contributed by atoms with van der Waals surface area (Å²) in [5.74, 6) is -0.511. The lowest BCUT2D eigenvalue weighted by Gasteiger charge is -2.40. The van der Waals surface area contributed by atoms with E-state index in [1.54, 1.807) is 0 Å². The van der Waals surface area contributed by atoms with Gasteiger partial charge in [0.25, 0.3) is 0 Å². The number of ether oxygens (including phenoxy) is 3. The van der Waals surface area contributed by atoms with Crippen molar-refractivity contribution in [3.8, 4) is 0 Å². The fourth-order valence-corrected chi connectivity index (χ4v) is 2.17. The van der Waals surface area contributed by atoms with Crippen LogP contribution in [0, 0.1) is 0 Å². The quantitative estimate of drug-likeness (QED) is 0.573. The van der Waals surface area contributed by atoms with Gasteiger partial charge in [-0.05, 0) is 27.2 Å². The van der Waals surface area contributed by atoms with Crippen molar-refractivity contribution in [3.63, 3.8) is 0 Å². The summed E-state index contributed by atoms with van der Waals surface area (Å²) in [6.07, 6.45) is 1.39. The molecule has 1 saturated heterocycles. The third-order valence-corrected chi connectivity index (χ3v) is 3.24. The zero-order valence-electron chi connectivity index (χ0n) is 11.6. The van der Waals surface area contributed by atoms with E-state index in [0.717, 1.165) is 6.42 Å².